The lowest BCUT2D eigenvalue weighted by Gasteiger charge is -2.13. The van der Waals surface area contributed by atoms with Gasteiger partial charge in [-0.3, -0.25) is 4.79 Å². The van der Waals surface area contributed by atoms with E-state index in [0.717, 1.165) is 22.4 Å². The molecule has 104 valence electrons. The van der Waals surface area contributed by atoms with E-state index in [1.165, 1.54) is 0 Å². The van der Waals surface area contributed by atoms with Crippen LogP contribution in [0.1, 0.15) is 27.0 Å². The van der Waals surface area contributed by atoms with Gasteiger partial charge in [-0.2, -0.15) is 0 Å². The highest BCUT2D eigenvalue weighted by Gasteiger charge is 2.08. The van der Waals surface area contributed by atoms with Gasteiger partial charge in [-0.15, -0.1) is 0 Å². The number of anilines is 1. The Morgan fingerprint density at radius 1 is 1.15 bits per heavy atom. The van der Waals surface area contributed by atoms with Gasteiger partial charge in [0.1, 0.15) is 0 Å². The van der Waals surface area contributed by atoms with Gasteiger partial charge in [-0.05, 0) is 35.7 Å². The lowest BCUT2D eigenvalue weighted by atomic mass is 10.1. The van der Waals surface area contributed by atoms with Crippen molar-refractivity contribution < 1.29 is 4.79 Å². The maximum Gasteiger partial charge on any atom is 0.250 e. The second-order valence-corrected chi connectivity index (χ2v) is 4.74. The smallest absolute Gasteiger partial charge is 0.250 e. The van der Waals surface area contributed by atoms with E-state index in [4.69, 9.17) is 11.5 Å². The first-order valence-corrected chi connectivity index (χ1v) is 6.53. The van der Waals surface area contributed by atoms with Crippen LogP contribution >= 0.6 is 0 Å². The van der Waals surface area contributed by atoms with E-state index in [-0.39, 0.29) is 0 Å². The highest BCUT2D eigenvalue weighted by molar-refractivity contribution is 5.98. The summed E-state index contributed by atoms with van der Waals surface area (Å²) < 4.78 is 0. The van der Waals surface area contributed by atoms with Crippen molar-refractivity contribution in [3.05, 3.63) is 64.7 Å². The Balaban J connectivity index is 2.22. The maximum absolute atomic E-state index is 11.4. The van der Waals surface area contributed by atoms with Crippen LogP contribution in [0.25, 0.3) is 0 Å². The fourth-order valence-corrected chi connectivity index (χ4v) is 2.14. The number of rotatable bonds is 5. The van der Waals surface area contributed by atoms with Crippen LogP contribution in [0.2, 0.25) is 0 Å². The SMILES string of the molecule is Cc1ccc(C(N)=O)c(NCc2ccccc2CN)c1. The molecule has 0 aliphatic carbocycles. The molecule has 0 radical (unpaired) electrons. The highest BCUT2D eigenvalue weighted by Crippen LogP contribution is 2.19. The standard InChI is InChI=1S/C16H19N3O/c1-11-6-7-14(16(18)20)15(8-11)19-10-13-5-3-2-4-12(13)9-17/h2-8,19H,9-10,17H2,1H3,(H2,18,20). The van der Waals surface area contributed by atoms with Gasteiger partial charge >= 0.3 is 0 Å². The monoisotopic (exact) mass is 269 g/mol. The molecule has 0 bridgehead atoms. The molecule has 0 fully saturated rings. The molecule has 0 unspecified atom stereocenters. The topological polar surface area (TPSA) is 81.1 Å². The molecule has 4 nitrogen and oxygen atoms in total. The predicted molar refractivity (Wildman–Crippen MR) is 81.4 cm³/mol. The third kappa shape index (κ3) is 3.16. The maximum atomic E-state index is 11.4. The van der Waals surface area contributed by atoms with Crippen LogP contribution in [0.15, 0.2) is 42.5 Å². The quantitative estimate of drug-likeness (QED) is 0.778. The second-order valence-electron chi connectivity index (χ2n) is 4.74. The van der Waals surface area contributed by atoms with E-state index in [9.17, 15) is 4.79 Å². The summed E-state index contributed by atoms with van der Waals surface area (Å²) >= 11 is 0. The van der Waals surface area contributed by atoms with Crippen LogP contribution in [-0.4, -0.2) is 5.91 Å². The average Bonchev–Trinajstić information content (AvgIpc) is 2.45. The average molecular weight is 269 g/mol. The minimum Gasteiger partial charge on any atom is -0.380 e. The molecule has 0 aliphatic heterocycles. The van der Waals surface area contributed by atoms with Gasteiger partial charge < -0.3 is 16.8 Å². The number of carbonyl (C=O) groups excluding carboxylic acids is 1. The molecule has 0 spiro atoms. The first-order valence-electron chi connectivity index (χ1n) is 6.53. The van der Waals surface area contributed by atoms with Gasteiger partial charge in [0.05, 0.1) is 5.56 Å². The molecule has 20 heavy (non-hydrogen) atoms. The summed E-state index contributed by atoms with van der Waals surface area (Å²) in [5.74, 6) is -0.431. The van der Waals surface area contributed by atoms with E-state index in [0.29, 0.717) is 18.7 Å². The minimum atomic E-state index is -0.431. The largest absolute Gasteiger partial charge is 0.380 e. The van der Waals surface area contributed by atoms with Crippen LogP contribution in [0.5, 0.6) is 0 Å². The Hall–Kier alpha value is -2.33. The Morgan fingerprint density at radius 3 is 2.50 bits per heavy atom. The van der Waals surface area contributed by atoms with Crippen molar-refractivity contribution in [3.8, 4) is 0 Å². The van der Waals surface area contributed by atoms with Gasteiger partial charge in [0.2, 0.25) is 0 Å². The molecule has 1 amide bonds. The molecule has 0 saturated carbocycles. The van der Waals surface area contributed by atoms with Gasteiger partial charge in [0, 0.05) is 18.8 Å². The summed E-state index contributed by atoms with van der Waals surface area (Å²) in [7, 11) is 0. The van der Waals surface area contributed by atoms with Crippen molar-refractivity contribution >= 4 is 11.6 Å². The molecule has 0 aromatic heterocycles. The molecule has 0 aliphatic rings. The van der Waals surface area contributed by atoms with Crippen LogP contribution in [0.4, 0.5) is 5.69 Å². The zero-order valence-corrected chi connectivity index (χ0v) is 11.5. The first-order chi connectivity index (χ1) is 9.61. The summed E-state index contributed by atoms with van der Waals surface area (Å²) in [6, 6.07) is 13.5. The molecule has 5 N–H and O–H groups in total. The number of amides is 1. The summed E-state index contributed by atoms with van der Waals surface area (Å²) in [5.41, 5.74) is 15.6. The predicted octanol–water partition coefficient (Wildman–Crippen LogP) is 2.16. The number of hydrogen-bond donors (Lipinski definition) is 3. The number of nitrogens with one attached hydrogen (secondary N) is 1. The van der Waals surface area contributed by atoms with Gasteiger partial charge in [-0.1, -0.05) is 30.3 Å². The second kappa shape index (κ2) is 6.21. The summed E-state index contributed by atoms with van der Waals surface area (Å²) in [6.07, 6.45) is 0. The zero-order valence-electron chi connectivity index (χ0n) is 11.5. The van der Waals surface area contributed by atoms with Crippen LogP contribution < -0.4 is 16.8 Å². The Morgan fingerprint density at radius 2 is 1.85 bits per heavy atom. The Labute approximate surface area is 118 Å². The number of nitrogens with two attached hydrogens (primary N) is 2. The first kappa shape index (κ1) is 14.1. The third-order valence-electron chi connectivity index (χ3n) is 3.25. The summed E-state index contributed by atoms with van der Waals surface area (Å²) in [6.45, 7) is 3.08. The summed E-state index contributed by atoms with van der Waals surface area (Å²) in [4.78, 5) is 11.4. The fourth-order valence-electron chi connectivity index (χ4n) is 2.14. The van der Waals surface area contributed by atoms with Crippen LogP contribution in [0.3, 0.4) is 0 Å². The number of aryl methyl sites for hydroxylation is 1. The third-order valence-corrected chi connectivity index (χ3v) is 3.25. The van der Waals surface area contributed by atoms with Crippen molar-refractivity contribution in [2.24, 2.45) is 11.5 Å². The number of benzene rings is 2. The van der Waals surface area contributed by atoms with E-state index in [1.54, 1.807) is 6.07 Å². The lowest BCUT2D eigenvalue weighted by Crippen LogP contribution is -2.15. The van der Waals surface area contributed by atoms with Crippen molar-refractivity contribution in [3.63, 3.8) is 0 Å². The van der Waals surface area contributed by atoms with Gasteiger partial charge in [0.25, 0.3) is 5.91 Å². The summed E-state index contributed by atoms with van der Waals surface area (Å²) in [5, 5.41) is 3.27. The van der Waals surface area contributed by atoms with E-state index in [1.807, 2.05) is 43.3 Å². The highest BCUT2D eigenvalue weighted by atomic mass is 16.1. The molecule has 2 aromatic carbocycles. The molecule has 0 heterocycles. The molecule has 0 atom stereocenters. The van der Waals surface area contributed by atoms with Crippen molar-refractivity contribution in [1.82, 2.24) is 0 Å². The fraction of sp³-hybridized carbons (Fsp3) is 0.188. The molecule has 0 saturated heterocycles. The minimum absolute atomic E-state index is 0.431. The van der Waals surface area contributed by atoms with Crippen molar-refractivity contribution in [2.75, 3.05) is 5.32 Å². The molecule has 4 heteroatoms. The van der Waals surface area contributed by atoms with E-state index in [2.05, 4.69) is 5.32 Å². The number of hydrogen-bond acceptors (Lipinski definition) is 3. The Bertz CT molecular complexity index is 623. The van der Waals surface area contributed by atoms with Crippen molar-refractivity contribution in [2.45, 2.75) is 20.0 Å². The molecule has 2 rings (SSSR count). The zero-order chi connectivity index (χ0) is 14.5. The van der Waals surface area contributed by atoms with E-state index >= 15 is 0 Å². The lowest BCUT2D eigenvalue weighted by molar-refractivity contribution is 0.100. The van der Waals surface area contributed by atoms with Gasteiger partial charge in [0.15, 0.2) is 0 Å². The Kier molecular flexibility index (Phi) is 4.38. The van der Waals surface area contributed by atoms with E-state index < -0.39 is 5.91 Å². The number of primary amides is 1. The van der Waals surface area contributed by atoms with Crippen LogP contribution in [-0.2, 0) is 13.1 Å². The normalized spacial score (nSPS) is 10.3. The number of carbonyl (C=O) groups is 1. The van der Waals surface area contributed by atoms with Crippen molar-refractivity contribution in [1.29, 1.82) is 0 Å². The van der Waals surface area contributed by atoms with Gasteiger partial charge in [-0.25, -0.2) is 0 Å². The van der Waals surface area contributed by atoms with Crippen LogP contribution in [0, 0.1) is 6.92 Å². The molecular weight excluding hydrogens is 250 g/mol. The molecule has 2 aromatic rings. The molecular formula is C16H19N3O.